The highest BCUT2D eigenvalue weighted by atomic mass is 32.1. The Morgan fingerprint density at radius 1 is 1.14 bits per heavy atom. The molecule has 0 heterocycles. The summed E-state index contributed by atoms with van der Waals surface area (Å²) in [7, 11) is 0. The van der Waals surface area contributed by atoms with E-state index in [1.807, 2.05) is 31.2 Å². The summed E-state index contributed by atoms with van der Waals surface area (Å²) in [4.78, 5) is 0. The quantitative estimate of drug-likeness (QED) is 0.650. The van der Waals surface area contributed by atoms with Gasteiger partial charge in [-0.25, -0.2) is 8.78 Å². The molecule has 22 heavy (non-hydrogen) atoms. The molecule has 0 spiro atoms. The lowest BCUT2D eigenvalue weighted by molar-refractivity contribution is 0.322. The summed E-state index contributed by atoms with van der Waals surface area (Å²) in [6, 6.07) is 11.0. The van der Waals surface area contributed by atoms with Crippen molar-refractivity contribution in [2.75, 3.05) is 18.5 Å². The van der Waals surface area contributed by atoms with Crippen LogP contribution >= 0.6 is 12.2 Å². The first-order chi connectivity index (χ1) is 10.5. The van der Waals surface area contributed by atoms with Crippen molar-refractivity contribution in [3.05, 3.63) is 59.7 Å². The van der Waals surface area contributed by atoms with Gasteiger partial charge >= 0.3 is 0 Å². The number of benzene rings is 2. The van der Waals surface area contributed by atoms with Crippen molar-refractivity contribution in [2.45, 2.75) is 6.92 Å². The molecular weight excluding hydrogens is 306 g/mol. The van der Waals surface area contributed by atoms with Gasteiger partial charge in [-0.1, -0.05) is 17.7 Å². The van der Waals surface area contributed by atoms with Crippen molar-refractivity contribution in [3.63, 3.8) is 0 Å². The van der Waals surface area contributed by atoms with Gasteiger partial charge in [0.25, 0.3) is 0 Å². The molecule has 2 rings (SSSR count). The summed E-state index contributed by atoms with van der Waals surface area (Å²) in [5.41, 5.74) is 1.29. The molecule has 2 aromatic carbocycles. The van der Waals surface area contributed by atoms with Crippen LogP contribution in [0.2, 0.25) is 0 Å². The van der Waals surface area contributed by atoms with E-state index in [1.165, 1.54) is 6.07 Å². The van der Waals surface area contributed by atoms with E-state index in [4.69, 9.17) is 17.0 Å². The number of rotatable bonds is 5. The second-order valence-corrected chi connectivity index (χ2v) is 5.07. The van der Waals surface area contributed by atoms with Crippen LogP contribution in [0.15, 0.2) is 42.5 Å². The molecule has 2 N–H and O–H groups in total. The minimum Gasteiger partial charge on any atom is -0.492 e. The summed E-state index contributed by atoms with van der Waals surface area (Å²) in [6.07, 6.45) is 0. The van der Waals surface area contributed by atoms with E-state index in [0.29, 0.717) is 13.2 Å². The minimum absolute atomic E-state index is 0.123. The maximum atomic E-state index is 13.4. The highest BCUT2D eigenvalue weighted by Gasteiger charge is 2.05. The number of nitrogens with one attached hydrogen (secondary N) is 2. The van der Waals surface area contributed by atoms with E-state index in [-0.39, 0.29) is 10.8 Å². The van der Waals surface area contributed by atoms with Gasteiger partial charge in [0.15, 0.2) is 5.11 Å². The van der Waals surface area contributed by atoms with Crippen molar-refractivity contribution in [1.82, 2.24) is 5.32 Å². The second-order valence-electron chi connectivity index (χ2n) is 4.67. The van der Waals surface area contributed by atoms with E-state index >= 15 is 0 Å². The number of halogens is 2. The molecule has 0 amide bonds. The number of aryl methyl sites for hydroxylation is 1. The molecule has 0 saturated carbocycles. The van der Waals surface area contributed by atoms with Crippen molar-refractivity contribution in [2.24, 2.45) is 0 Å². The molecule has 0 atom stereocenters. The normalized spacial score (nSPS) is 10.1. The van der Waals surface area contributed by atoms with Crippen LogP contribution in [0.25, 0.3) is 0 Å². The fourth-order valence-corrected chi connectivity index (χ4v) is 1.94. The van der Waals surface area contributed by atoms with Crippen LogP contribution < -0.4 is 15.4 Å². The van der Waals surface area contributed by atoms with Gasteiger partial charge in [0, 0.05) is 6.07 Å². The number of anilines is 1. The average molecular weight is 322 g/mol. The molecule has 0 saturated heterocycles. The number of hydrogen-bond acceptors (Lipinski definition) is 2. The molecule has 3 nitrogen and oxygen atoms in total. The highest BCUT2D eigenvalue weighted by Crippen LogP contribution is 2.14. The zero-order valence-electron chi connectivity index (χ0n) is 12.0. The molecule has 0 bridgehead atoms. The lowest BCUT2D eigenvalue weighted by Gasteiger charge is -2.12. The Hall–Kier alpha value is -2.21. The number of ether oxygens (including phenoxy) is 1. The zero-order chi connectivity index (χ0) is 15.9. The van der Waals surface area contributed by atoms with Crippen LogP contribution in [0.3, 0.4) is 0 Å². The van der Waals surface area contributed by atoms with Gasteiger partial charge in [-0.2, -0.15) is 0 Å². The predicted molar refractivity (Wildman–Crippen MR) is 87.3 cm³/mol. The molecule has 0 aliphatic rings. The number of thiocarbonyl (C=S) groups is 1. The van der Waals surface area contributed by atoms with Crippen LogP contribution in [0, 0.1) is 18.6 Å². The molecular formula is C16H16F2N2OS. The van der Waals surface area contributed by atoms with Crippen molar-refractivity contribution < 1.29 is 13.5 Å². The highest BCUT2D eigenvalue weighted by molar-refractivity contribution is 7.80. The maximum absolute atomic E-state index is 13.4. The minimum atomic E-state index is -0.694. The molecule has 0 aliphatic carbocycles. The molecule has 2 aromatic rings. The fraction of sp³-hybridized carbons (Fsp3) is 0.188. The molecule has 116 valence electrons. The van der Waals surface area contributed by atoms with E-state index in [1.54, 1.807) is 0 Å². The van der Waals surface area contributed by atoms with Crippen molar-refractivity contribution in [3.8, 4) is 5.75 Å². The topological polar surface area (TPSA) is 33.3 Å². The molecule has 0 fully saturated rings. The van der Waals surface area contributed by atoms with Crippen molar-refractivity contribution >= 4 is 23.0 Å². The van der Waals surface area contributed by atoms with Gasteiger partial charge < -0.3 is 15.4 Å². The molecule has 0 aliphatic heterocycles. The summed E-state index contributed by atoms with van der Waals surface area (Å²) in [5, 5.41) is 5.80. The predicted octanol–water partition coefficient (Wildman–Crippen LogP) is 3.64. The molecule has 0 unspecified atom stereocenters. The van der Waals surface area contributed by atoms with Gasteiger partial charge in [0.1, 0.15) is 24.0 Å². The summed E-state index contributed by atoms with van der Waals surface area (Å²) in [6.45, 7) is 2.88. The third kappa shape index (κ3) is 4.96. The summed E-state index contributed by atoms with van der Waals surface area (Å²) in [5.74, 6) is -0.552. The van der Waals surface area contributed by atoms with Crippen LogP contribution in [-0.4, -0.2) is 18.3 Å². The Morgan fingerprint density at radius 2 is 1.86 bits per heavy atom. The van der Waals surface area contributed by atoms with Crippen LogP contribution in [0.1, 0.15) is 5.56 Å². The smallest absolute Gasteiger partial charge is 0.170 e. The van der Waals surface area contributed by atoms with Gasteiger partial charge in [0.05, 0.1) is 12.2 Å². The third-order valence-corrected chi connectivity index (χ3v) is 3.10. The molecule has 6 heteroatoms. The lowest BCUT2D eigenvalue weighted by atomic mass is 10.2. The zero-order valence-corrected chi connectivity index (χ0v) is 12.8. The van der Waals surface area contributed by atoms with Crippen LogP contribution in [-0.2, 0) is 0 Å². The fourth-order valence-electron chi connectivity index (χ4n) is 1.73. The Bertz CT molecular complexity index is 647. The second kappa shape index (κ2) is 7.70. The monoisotopic (exact) mass is 322 g/mol. The first-order valence-electron chi connectivity index (χ1n) is 6.74. The lowest BCUT2D eigenvalue weighted by Crippen LogP contribution is -2.32. The van der Waals surface area contributed by atoms with Gasteiger partial charge in [-0.15, -0.1) is 0 Å². The molecule has 0 aromatic heterocycles. The largest absolute Gasteiger partial charge is 0.492 e. The third-order valence-electron chi connectivity index (χ3n) is 2.86. The van der Waals surface area contributed by atoms with Gasteiger partial charge in [0.2, 0.25) is 0 Å². The van der Waals surface area contributed by atoms with E-state index in [2.05, 4.69) is 10.6 Å². The average Bonchev–Trinajstić information content (AvgIpc) is 2.48. The SMILES string of the molecule is Cc1ccc(OCCNC(=S)Nc2ccc(F)cc2F)cc1. The van der Waals surface area contributed by atoms with Gasteiger partial charge in [-0.3, -0.25) is 0 Å². The Kier molecular flexibility index (Phi) is 5.66. The van der Waals surface area contributed by atoms with Crippen LogP contribution in [0.4, 0.5) is 14.5 Å². The Balaban J connectivity index is 1.72. The van der Waals surface area contributed by atoms with Gasteiger partial charge in [-0.05, 0) is 43.4 Å². The first-order valence-corrected chi connectivity index (χ1v) is 7.15. The van der Waals surface area contributed by atoms with Crippen LogP contribution in [0.5, 0.6) is 5.75 Å². The van der Waals surface area contributed by atoms with E-state index in [0.717, 1.165) is 23.4 Å². The number of hydrogen-bond donors (Lipinski definition) is 2. The summed E-state index contributed by atoms with van der Waals surface area (Å²) < 4.78 is 31.8. The standard InChI is InChI=1S/C16H16F2N2OS/c1-11-2-5-13(6-3-11)21-9-8-19-16(22)20-15-7-4-12(17)10-14(15)18/h2-7,10H,8-9H2,1H3,(H2,19,20,22). The maximum Gasteiger partial charge on any atom is 0.170 e. The van der Waals surface area contributed by atoms with E-state index < -0.39 is 11.6 Å². The Labute approximate surface area is 133 Å². The Morgan fingerprint density at radius 3 is 2.55 bits per heavy atom. The first kappa shape index (κ1) is 16.2. The molecule has 0 radical (unpaired) electrons. The van der Waals surface area contributed by atoms with E-state index in [9.17, 15) is 8.78 Å². The summed E-state index contributed by atoms with van der Waals surface area (Å²) >= 11 is 5.04. The van der Waals surface area contributed by atoms with Crippen molar-refractivity contribution in [1.29, 1.82) is 0 Å².